The van der Waals surface area contributed by atoms with Gasteiger partial charge in [-0.3, -0.25) is 13.9 Å². The van der Waals surface area contributed by atoms with Crippen molar-refractivity contribution in [3.63, 3.8) is 0 Å². The Morgan fingerprint density at radius 3 is 2.15 bits per heavy atom. The Morgan fingerprint density at radius 1 is 0.900 bits per heavy atom. The van der Waals surface area contributed by atoms with Gasteiger partial charge in [0.05, 0.1) is 15.6 Å². The lowest BCUT2D eigenvalue weighted by Gasteiger charge is -2.32. The number of nitrogens with zero attached hydrogens (tertiary/aromatic N) is 2. The van der Waals surface area contributed by atoms with Crippen molar-refractivity contribution in [2.45, 2.75) is 44.2 Å². The zero-order valence-electron chi connectivity index (χ0n) is 21.9. The maximum atomic E-state index is 14.0. The number of sulfonamides is 1. The number of amides is 2. The van der Waals surface area contributed by atoms with Crippen LogP contribution in [0.1, 0.15) is 32.3 Å². The third-order valence-corrected chi connectivity index (χ3v) is 9.20. The minimum Gasteiger partial charge on any atom is -0.354 e. The molecule has 214 valence electrons. The van der Waals surface area contributed by atoms with Crippen LogP contribution in [0.3, 0.4) is 0 Å². The van der Waals surface area contributed by atoms with Crippen LogP contribution in [-0.4, -0.2) is 44.3 Å². The van der Waals surface area contributed by atoms with Gasteiger partial charge in [0.1, 0.15) is 12.6 Å². The lowest BCUT2D eigenvalue weighted by atomic mass is 10.1. The molecule has 40 heavy (non-hydrogen) atoms. The van der Waals surface area contributed by atoms with Gasteiger partial charge in [-0.1, -0.05) is 84.0 Å². The van der Waals surface area contributed by atoms with Crippen molar-refractivity contribution in [1.82, 2.24) is 10.2 Å². The molecule has 0 heterocycles. The van der Waals surface area contributed by atoms with Gasteiger partial charge in [-0.25, -0.2) is 8.42 Å². The molecule has 0 spiro atoms. The number of hydrogen-bond acceptors (Lipinski definition) is 4. The van der Waals surface area contributed by atoms with E-state index in [-0.39, 0.29) is 22.2 Å². The molecular weight excluding hydrogens is 616 g/mol. The average molecular weight is 645 g/mol. The lowest BCUT2D eigenvalue weighted by Crippen LogP contribution is -2.51. The number of benzene rings is 3. The normalized spacial score (nSPS) is 12.1. The van der Waals surface area contributed by atoms with Gasteiger partial charge in [0.2, 0.25) is 11.8 Å². The van der Waals surface area contributed by atoms with Crippen LogP contribution in [0.2, 0.25) is 20.1 Å². The first kappa shape index (κ1) is 32.0. The molecule has 2 amide bonds. The molecule has 7 nitrogen and oxygen atoms in total. The summed E-state index contributed by atoms with van der Waals surface area (Å²) in [6.45, 7) is 3.20. The van der Waals surface area contributed by atoms with Crippen LogP contribution in [0.15, 0.2) is 71.6 Å². The molecule has 3 aromatic carbocycles. The minimum atomic E-state index is -4.27. The van der Waals surface area contributed by atoms with E-state index in [2.05, 4.69) is 5.32 Å². The fourth-order valence-corrected chi connectivity index (χ4v) is 6.42. The van der Waals surface area contributed by atoms with E-state index in [1.807, 2.05) is 6.92 Å². The third kappa shape index (κ3) is 7.83. The van der Waals surface area contributed by atoms with E-state index in [4.69, 9.17) is 46.4 Å². The molecular formula is C28H29Cl4N3O4S. The molecule has 0 radical (unpaired) electrons. The number of unbranched alkanes of at least 4 members (excludes halogenated alkanes) is 1. The van der Waals surface area contributed by atoms with Gasteiger partial charge >= 0.3 is 0 Å². The summed E-state index contributed by atoms with van der Waals surface area (Å²) in [4.78, 5) is 28.2. The Bertz CT molecular complexity index is 1430. The maximum Gasteiger partial charge on any atom is 0.264 e. The van der Waals surface area contributed by atoms with Gasteiger partial charge in [0.25, 0.3) is 10.0 Å². The first-order valence-corrected chi connectivity index (χ1v) is 15.5. The molecule has 12 heteroatoms. The van der Waals surface area contributed by atoms with Crippen molar-refractivity contribution in [2.24, 2.45) is 0 Å². The summed E-state index contributed by atoms with van der Waals surface area (Å²) < 4.78 is 28.5. The quantitative estimate of drug-likeness (QED) is 0.219. The first-order valence-electron chi connectivity index (χ1n) is 12.5. The topological polar surface area (TPSA) is 86.8 Å². The zero-order chi connectivity index (χ0) is 29.4. The summed E-state index contributed by atoms with van der Waals surface area (Å²) in [5.74, 6) is -1.06. The van der Waals surface area contributed by atoms with E-state index in [1.165, 1.54) is 35.2 Å². The van der Waals surface area contributed by atoms with E-state index < -0.39 is 34.4 Å². The highest BCUT2D eigenvalue weighted by molar-refractivity contribution is 7.92. The Hall–Kier alpha value is -2.49. The van der Waals surface area contributed by atoms with Gasteiger partial charge in [-0.15, -0.1) is 0 Å². The van der Waals surface area contributed by atoms with Crippen molar-refractivity contribution in [3.8, 4) is 0 Å². The number of hydrogen-bond donors (Lipinski definition) is 1. The molecule has 1 atom stereocenters. The zero-order valence-corrected chi connectivity index (χ0v) is 25.8. The SMILES string of the molecule is CCCCNC(=O)C(C)N(Cc1c(Cl)cccc1Cl)C(=O)CN(c1ccc(Cl)cc1Cl)S(=O)(=O)c1ccccc1. The Balaban J connectivity index is 2.06. The van der Waals surface area contributed by atoms with Gasteiger partial charge in [0, 0.05) is 33.7 Å². The predicted octanol–water partition coefficient (Wildman–Crippen LogP) is 6.83. The van der Waals surface area contributed by atoms with Crippen LogP contribution in [0.5, 0.6) is 0 Å². The fraction of sp³-hybridized carbons (Fsp3) is 0.286. The predicted molar refractivity (Wildman–Crippen MR) is 162 cm³/mol. The van der Waals surface area contributed by atoms with E-state index in [0.29, 0.717) is 27.2 Å². The maximum absolute atomic E-state index is 14.0. The molecule has 0 saturated carbocycles. The number of halogens is 4. The molecule has 0 aliphatic heterocycles. The van der Waals surface area contributed by atoms with Crippen molar-refractivity contribution >= 4 is 73.9 Å². The van der Waals surface area contributed by atoms with Gasteiger partial charge < -0.3 is 10.2 Å². The highest BCUT2D eigenvalue weighted by Gasteiger charge is 2.33. The average Bonchev–Trinajstić information content (AvgIpc) is 2.92. The highest BCUT2D eigenvalue weighted by atomic mass is 35.5. The number of anilines is 1. The van der Waals surface area contributed by atoms with E-state index in [9.17, 15) is 18.0 Å². The summed E-state index contributed by atoms with van der Waals surface area (Å²) in [7, 11) is -4.27. The largest absolute Gasteiger partial charge is 0.354 e. The minimum absolute atomic E-state index is 0.0332. The van der Waals surface area contributed by atoms with Crippen molar-refractivity contribution in [3.05, 3.63) is 92.4 Å². The third-order valence-electron chi connectivity index (χ3n) is 6.18. The second kappa shape index (κ2) is 14.4. The molecule has 0 bridgehead atoms. The second-order valence-electron chi connectivity index (χ2n) is 8.96. The Morgan fingerprint density at radius 2 is 1.55 bits per heavy atom. The molecule has 0 aliphatic carbocycles. The summed E-state index contributed by atoms with van der Waals surface area (Å²) >= 11 is 25.3. The standard InChI is InChI=1S/C28H29Cl4N3O4S/c1-3-4-15-33-28(37)19(2)34(17-22-23(30)11-8-12-24(22)31)27(36)18-35(26-14-13-20(29)16-25(26)32)40(38,39)21-9-6-5-7-10-21/h5-14,16,19H,3-4,15,17-18H2,1-2H3,(H,33,37). The smallest absolute Gasteiger partial charge is 0.264 e. The Labute approximate surface area is 255 Å². The molecule has 1 N–H and O–H groups in total. The van der Waals surface area contributed by atoms with Crippen LogP contribution in [0.4, 0.5) is 5.69 Å². The number of carbonyl (C=O) groups is 2. The molecule has 0 aromatic heterocycles. The van der Waals surface area contributed by atoms with E-state index in [1.54, 1.807) is 43.3 Å². The van der Waals surface area contributed by atoms with Crippen LogP contribution >= 0.6 is 46.4 Å². The first-order chi connectivity index (χ1) is 19.0. The van der Waals surface area contributed by atoms with Gasteiger partial charge in [0.15, 0.2) is 0 Å². The van der Waals surface area contributed by atoms with Crippen LogP contribution in [0, 0.1) is 0 Å². The van der Waals surface area contributed by atoms with Crippen molar-refractivity contribution in [2.75, 3.05) is 17.4 Å². The van der Waals surface area contributed by atoms with Crippen LogP contribution in [-0.2, 0) is 26.2 Å². The summed E-state index contributed by atoms with van der Waals surface area (Å²) in [5.41, 5.74) is 0.480. The van der Waals surface area contributed by atoms with E-state index in [0.717, 1.165) is 17.1 Å². The van der Waals surface area contributed by atoms with E-state index >= 15 is 0 Å². The van der Waals surface area contributed by atoms with Crippen LogP contribution in [0.25, 0.3) is 0 Å². The molecule has 1 unspecified atom stereocenters. The summed E-state index contributed by atoms with van der Waals surface area (Å²) in [5, 5.41) is 3.76. The monoisotopic (exact) mass is 643 g/mol. The van der Waals surface area contributed by atoms with Gasteiger partial charge in [-0.05, 0) is 55.8 Å². The summed E-state index contributed by atoms with van der Waals surface area (Å²) in [6.07, 6.45) is 1.64. The molecule has 0 fully saturated rings. The highest BCUT2D eigenvalue weighted by Crippen LogP contribution is 2.33. The Kier molecular flexibility index (Phi) is 11.5. The fourth-order valence-electron chi connectivity index (χ4n) is 3.89. The molecule has 3 rings (SSSR count). The number of carbonyl (C=O) groups excluding carboxylic acids is 2. The lowest BCUT2D eigenvalue weighted by molar-refractivity contribution is -0.139. The molecule has 0 saturated heterocycles. The van der Waals surface area contributed by atoms with Gasteiger partial charge in [-0.2, -0.15) is 0 Å². The van der Waals surface area contributed by atoms with Crippen molar-refractivity contribution < 1.29 is 18.0 Å². The second-order valence-corrected chi connectivity index (χ2v) is 12.5. The molecule has 3 aromatic rings. The van der Waals surface area contributed by atoms with Crippen molar-refractivity contribution in [1.29, 1.82) is 0 Å². The number of nitrogens with one attached hydrogen (secondary N) is 1. The van der Waals surface area contributed by atoms with Crippen LogP contribution < -0.4 is 9.62 Å². The number of rotatable bonds is 12. The summed E-state index contributed by atoms with van der Waals surface area (Å²) in [6, 6.07) is 15.9. The molecule has 0 aliphatic rings.